The normalized spacial score (nSPS) is 15.8. The number of morpholine rings is 1. The summed E-state index contributed by atoms with van der Waals surface area (Å²) < 4.78 is 44.1. The van der Waals surface area contributed by atoms with Gasteiger partial charge in [0.15, 0.2) is 0 Å². The fraction of sp³-hybridized carbons (Fsp3) is 0.421. The average molecular weight is 365 g/mol. The predicted octanol–water partition coefficient (Wildman–Crippen LogP) is 2.82. The van der Waals surface area contributed by atoms with Gasteiger partial charge in [-0.1, -0.05) is 24.3 Å². The highest BCUT2D eigenvalue weighted by atomic mass is 19.3. The first-order valence-corrected chi connectivity index (χ1v) is 8.45. The molecule has 0 aliphatic carbocycles. The number of benzene rings is 2. The quantitative estimate of drug-likeness (QED) is 0.737. The monoisotopic (exact) mass is 365 g/mol. The van der Waals surface area contributed by atoms with Gasteiger partial charge >= 0.3 is 11.9 Å². The van der Waals surface area contributed by atoms with Crippen molar-refractivity contribution in [2.24, 2.45) is 0 Å². The zero-order valence-corrected chi connectivity index (χ0v) is 14.5. The number of carbonyl (C=O) groups is 1. The molecule has 0 spiro atoms. The second-order valence-electron chi connectivity index (χ2n) is 6.03. The highest BCUT2D eigenvalue weighted by molar-refractivity contribution is 5.95. The second kappa shape index (κ2) is 7.97. The van der Waals surface area contributed by atoms with Crippen LogP contribution in [0.3, 0.4) is 0 Å². The van der Waals surface area contributed by atoms with E-state index >= 15 is 0 Å². The first-order chi connectivity index (χ1) is 12.5. The van der Waals surface area contributed by atoms with Crippen molar-refractivity contribution in [2.45, 2.75) is 5.92 Å². The van der Waals surface area contributed by atoms with Crippen molar-refractivity contribution in [1.29, 1.82) is 0 Å². The number of halogens is 2. The number of hydrogen-bond acceptors (Lipinski definition) is 5. The van der Waals surface area contributed by atoms with E-state index in [2.05, 4.69) is 9.64 Å². The summed E-state index contributed by atoms with van der Waals surface area (Å²) in [5.41, 5.74) is -0.388. The van der Waals surface area contributed by atoms with E-state index in [4.69, 9.17) is 9.47 Å². The van der Waals surface area contributed by atoms with Crippen LogP contribution in [0.15, 0.2) is 36.4 Å². The fourth-order valence-corrected chi connectivity index (χ4v) is 3.02. The Hall–Kier alpha value is -2.25. The highest BCUT2D eigenvalue weighted by Crippen LogP contribution is 2.38. The molecule has 0 atom stereocenters. The van der Waals surface area contributed by atoms with E-state index in [1.165, 1.54) is 12.1 Å². The number of fused-ring (bicyclic) bond motifs is 1. The molecule has 0 N–H and O–H groups in total. The molecular weight excluding hydrogens is 344 g/mol. The van der Waals surface area contributed by atoms with Gasteiger partial charge in [-0.15, -0.1) is 0 Å². The lowest BCUT2D eigenvalue weighted by atomic mass is 9.99. The Kier molecular flexibility index (Phi) is 5.68. The third-order valence-electron chi connectivity index (χ3n) is 4.43. The van der Waals surface area contributed by atoms with Crippen LogP contribution in [0.25, 0.3) is 10.8 Å². The molecule has 1 heterocycles. The topological polar surface area (TPSA) is 48.0 Å². The third-order valence-corrected chi connectivity index (χ3v) is 4.43. The first-order valence-electron chi connectivity index (χ1n) is 8.45. The molecule has 1 saturated heterocycles. The summed E-state index contributed by atoms with van der Waals surface area (Å²) in [6.45, 7) is 4.30. The Morgan fingerprint density at radius 2 is 1.85 bits per heavy atom. The van der Waals surface area contributed by atoms with E-state index in [1.54, 1.807) is 24.3 Å². The summed E-state index contributed by atoms with van der Waals surface area (Å²) in [4.78, 5) is 13.7. The van der Waals surface area contributed by atoms with Gasteiger partial charge < -0.3 is 14.2 Å². The molecule has 0 unspecified atom stereocenters. The predicted molar refractivity (Wildman–Crippen MR) is 92.6 cm³/mol. The summed E-state index contributed by atoms with van der Waals surface area (Å²) in [7, 11) is 0.946. The van der Waals surface area contributed by atoms with E-state index in [9.17, 15) is 13.6 Å². The summed E-state index contributed by atoms with van der Waals surface area (Å²) in [6, 6.07) is 9.36. The van der Waals surface area contributed by atoms with Crippen LogP contribution in [-0.2, 0) is 20.2 Å². The molecule has 2 aromatic rings. The molecule has 0 saturated carbocycles. The summed E-state index contributed by atoms with van der Waals surface area (Å²) in [5, 5.41) is 0.808. The minimum absolute atomic E-state index is 0.270. The molecule has 0 aromatic heterocycles. The van der Waals surface area contributed by atoms with E-state index in [1.807, 2.05) is 0 Å². The van der Waals surface area contributed by atoms with Gasteiger partial charge in [0.2, 0.25) is 0 Å². The molecule has 7 heteroatoms. The van der Waals surface area contributed by atoms with Gasteiger partial charge in [0.25, 0.3) is 0 Å². The molecule has 1 fully saturated rings. The lowest BCUT2D eigenvalue weighted by Gasteiger charge is -2.26. The zero-order valence-electron chi connectivity index (χ0n) is 14.5. The molecule has 0 radical (unpaired) electrons. The summed E-state index contributed by atoms with van der Waals surface area (Å²) in [6.07, 6.45) is 0. The largest absolute Gasteiger partial charge is 0.492 e. The van der Waals surface area contributed by atoms with E-state index < -0.39 is 11.9 Å². The van der Waals surface area contributed by atoms with Crippen LogP contribution in [0.1, 0.15) is 5.56 Å². The fourth-order valence-electron chi connectivity index (χ4n) is 3.02. The molecule has 1 aliphatic heterocycles. The number of rotatable bonds is 6. The number of methoxy groups -OCH3 is 1. The lowest BCUT2D eigenvalue weighted by Crippen LogP contribution is -2.38. The SMILES string of the molecule is COC(=O)C(F)(F)c1ccc(OCCN2CCOCC2)c2ccccc12. The number of alkyl halides is 2. The Morgan fingerprint density at radius 3 is 2.54 bits per heavy atom. The number of hydrogen-bond donors (Lipinski definition) is 0. The van der Waals surface area contributed by atoms with Crippen LogP contribution in [0, 0.1) is 0 Å². The second-order valence-corrected chi connectivity index (χ2v) is 6.03. The number of esters is 1. The van der Waals surface area contributed by atoms with Gasteiger partial charge in [0.1, 0.15) is 12.4 Å². The van der Waals surface area contributed by atoms with Gasteiger partial charge in [-0.05, 0) is 17.5 Å². The van der Waals surface area contributed by atoms with Crippen molar-refractivity contribution in [3.8, 4) is 5.75 Å². The van der Waals surface area contributed by atoms with Crippen LogP contribution < -0.4 is 4.74 Å². The summed E-state index contributed by atoms with van der Waals surface area (Å²) in [5.74, 6) is -4.79. The van der Waals surface area contributed by atoms with Gasteiger partial charge in [0, 0.05) is 30.6 Å². The Balaban J connectivity index is 1.82. The van der Waals surface area contributed by atoms with Crippen molar-refractivity contribution >= 4 is 16.7 Å². The maximum atomic E-state index is 14.4. The van der Waals surface area contributed by atoms with E-state index in [0.717, 1.165) is 26.7 Å². The van der Waals surface area contributed by atoms with Crippen LogP contribution in [0.4, 0.5) is 8.78 Å². The van der Waals surface area contributed by atoms with Gasteiger partial charge in [-0.3, -0.25) is 4.90 Å². The molecule has 0 amide bonds. The Labute approximate surface area is 150 Å². The van der Waals surface area contributed by atoms with Crippen LogP contribution in [0.5, 0.6) is 5.75 Å². The maximum absolute atomic E-state index is 14.4. The average Bonchev–Trinajstić information content (AvgIpc) is 2.68. The Morgan fingerprint density at radius 1 is 1.15 bits per heavy atom. The molecular formula is C19H21F2NO4. The zero-order chi connectivity index (χ0) is 18.6. The minimum atomic E-state index is -3.72. The molecule has 1 aliphatic rings. The smallest absolute Gasteiger partial charge is 0.381 e. The van der Waals surface area contributed by atoms with Crippen molar-refractivity contribution in [2.75, 3.05) is 46.6 Å². The lowest BCUT2D eigenvalue weighted by molar-refractivity contribution is -0.170. The molecule has 26 heavy (non-hydrogen) atoms. The van der Waals surface area contributed by atoms with E-state index in [0.29, 0.717) is 31.0 Å². The third kappa shape index (κ3) is 3.78. The maximum Gasteiger partial charge on any atom is 0.381 e. The Bertz CT molecular complexity index is 775. The molecule has 0 bridgehead atoms. The van der Waals surface area contributed by atoms with Crippen LogP contribution >= 0.6 is 0 Å². The number of ether oxygens (including phenoxy) is 3. The molecule has 140 valence electrons. The summed E-state index contributed by atoms with van der Waals surface area (Å²) >= 11 is 0. The highest BCUT2D eigenvalue weighted by Gasteiger charge is 2.43. The van der Waals surface area contributed by atoms with E-state index in [-0.39, 0.29) is 10.9 Å². The number of nitrogens with zero attached hydrogens (tertiary/aromatic N) is 1. The van der Waals surface area contributed by atoms with Crippen molar-refractivity contribution in [1.82, 2.24) is 4.90 Å². The van der Waals surface area contributed by atoms with Crippen molar-refractivity contribution < 1.29 is 27.8 Å². The van der Waals surface area contributed by atoms with Crippen molar-refractivity contribution in [3.63, 3.8) is 0 Å². The van der Waals surface area contributed by atoms with Gasteiger partial charge in [-0.2, -0.15) is 8.78 Å². The van der Waals surface area contributed by atoms with Gasteiger partial charge in [0.05, 0.1) is 20.3 Å². The van der Waals surface area contributed by atoms with Crippen molar-refractivity contribution in [3.05, 3.63) is 42.0 Å². The standard InChI is InChI=1S/C19H21F2NO4/c1-24-18(23)19(20,21)16-6-7-17(15-5-3-2-4-14(15)16)26-13-10-22-8-11-25-12-9-22/h2-7H,8-13H2,1H3. The molecule has 2 aromatic carbocycles. The molecule has 3 rings (SSSR count). The van der Waals surface area contributed by atoms with Crippen LogP contribution in [0.2, 0.25) is 0 Å². The van der Waals surface area contributed by atoms with Gasteiger partial charge in [-0.25, -0.2) is 4.79 Å². The van der Waals surface area contributed by atoms with Crippen LogP contribution in [-0.4, -0.2) is 57.4 Å². The number of carbonyl (C=O) groups excluding carboxylic acids is 1. The molecule has 5 nitrogen and oxygen atoms in total. The minimum Gasteiger partial charge on any atom is -0.492 e. The first kappa shape index (κ1) is 18.5.